The van der Waals surface area contributed by atoms with Crippen LogP contribution in [0.4, 0.5) is 17.1 Å². The van der Waals surface area contributed by atoms with Crippen molar-refractivity contribution in [1.29, 1.82) is 0 Å². The molecule has 0 bridgehead atoms. The van der Waals surface area contributed by atoms with Crippen LogP contribution < -0.4 is 4.90 Å². The molecule has 0 spiro atoms. The SMILES string of the molecule is CCCCCCCCCCCCCCCCN(CCCCCCCCCCCCCCCC)c1ccc(C=Cc2ccc([N+](=O)[O-])c([N+](=O)[O-])c2)cc1. The van der Waals surface area contributed by atoms with E-state index >= 15 is 0 Å². The van der Waals surface area contributed by atoms with Crippen molar-refractivity contribution in [3.63, 3.8) is 0 Å². The molecule has 7 heteroatoms. The maximum Gasteiger partial charge on any atom is 0.346 e. The second-order valence-electron chi connectivity index (χ2n) is 15.4. The molecule has 0 aromatic heterocycles. The van der Waals surface area contributed by atoms with Gasteiger partial charge in [0.15, 0.2) is 0 Å². The van der Waals surface area contributed by atoms with Crippen LogP contribution in [0.3, 0.4) is 0 Å². The fourth-order valence-electron chi connectivity index (χ4n) is 7.30. The molecule has 0 aliphatic carbocycles. The van der Waals surface area contributed by atoms with Gasteiger partial charge in [-0.2, -0.15) is 0 Å². The van der Waals surface area contributed by atoms with Crippen LogP contribution in [0.15, 0.2) is 42.5 Å². The zero-order chi connectivity index (χ0) is 38.2. The maximum absolute atomic E-state index is 11.4. The van der Waals surface area contributed by atoms with Gasteiger partial charge < -0.3 is 4.90 Å². The minimum absolute atomic E-state index is 0.491. The van der Waals surface area contributed by atoms with Crippen molar-refractivity contribution in [1.82, 2.24) is 0 Å². The highest BCUT2D eigenvalue weighted by atomic mass is 16.6. The Balaban J connectivity index is 1.78. The van der Waals surface area contributed by atoms with Crippen molar-refractivity contribution in [2.75, 3.05) is 18.0 Å². The summed E-state index contributed by atoms with van der Waals surface area (Å²) >= 11 is 0. The lowest BCUT2D eigenvalue weighted by atomic mass is 10.0. The first-order valence-electron chi connectivity index (χ1n) is 21.9. The lowest BCUT2D eigenvalue weighted by molar-refractivity contribution is -0.422. The Morgan fingerprint density at radius 3 is 1.11 bits per heavy atom. The number of anilines is 1. The quantitative estimate of drug-likeness (QED) is 0.0304. The van der Waals surface area contributed by atoms with Crippen LogP contribution in [-0.2, 0) is 0 Å². The molecule has 0 fully saturated rings. The first kappa shape index (κ1) is 45.9. The van der Waals surface area contributed by atoms with Gasteiger partial charge >= 0.3 is 11.4 Å². The molecule has 0 saturated heterocycles. The van der Waals surface area contributed by atoms with Gasteiger partial charge in [0.2, 0.25) is 0 Å². The molecule has 0 atom stereocenters. The summed E-state index contributed by atoms with van der Waals surface area (Å²) in [5, 5.41) is 22.5. The third-order valence-electron chi connectivity index (χ3n) is 10.7. The van der Waals surface area contributed by atoms with E-state index in [0.717, 1.165) is 18.7 Å². The Hall–Kier alpha value is -3.22. The van der Waals surface area contributed by atoms with E-state index in [1.165, 1.54) is 198 Å². The van der Waals surface area contributed by atoms with Gasteiger partial charge in [-0.15, -0.1) is 0 Å². The Labute approximate surface area is 323 Å². The van der Waals surface area contributed by atoms with E-state index in [-0.39, 0.29) is 0 Å². The van der Waals surface area contributed by atoms with Gasteiger partial charge in [0, 0.05) is 30.9 Å². The molecule has 0 saturated carbocycles. The number of benzene rings is 2. The summed E-state index contributed by atoms with van der Waals surface area (Å²) in [5.74, 6) is 0. The standard InChI is InChI=1S/C46H75N3O4/c1-3-5-7-9-11-13-15-17-19-21-23-25-27-29-39-47(40-30-28-26-24-22-20-18-16-14-12-10-8-6-4-2)44-36-33-42(34-37-44)31-32-43-35-38-45(48(50)51)46(41-43)49(52)53/h31-38,41H,3-30,39-40H2,1-2H3. The normalized spacial score (nSPS) is 11.4. The minimum atomic E-state index is -0.715. The van der Waals surface area contributed by atoms with Crippen molar-refractivity contribution >= 4 is 29.2 Å². The molecular formula is C46H75N3O4. The zero-order valence-electron chi connectivity index (χ0n) is 33.9. The molecule has 0 N–H and O–H groups in total. The second kappa shape index (κ2) is 31.2. The molecule has 0 amide bonds. The number of hydrogen-bond acceptors (Lipinski definition) is 5. The van der Waals surface area contributed by atoms with E-state index in [1.54, 1.807) is 12.1 Å². The van der Waals surface area contributed by atoms with E-state index < -0.39 is 21.2 Å². The summed E-state index contributed by atoms with van der Waals surface area (Å²) < 4.78 is 0. The topological polar surface area (TPSA) is 89.5 Å². The maximum atomic E-state index is 11.4. The summed E-state index contributed by atoms with van der Waals surface area (Å²) in [7, 11) is 0. The summed E-state index contributed by atoms with van der Waals surface area (Å²) in [4.78, 5) is 23.7. The predicted octanol–water partition coefficient (Wildman–Crippen LogP) is 15.4. The van der Waals surface area contributed by atoms with Crippen LogP contribution in [0.1, 0.15) is 205 Å². The molecule has 2 aromatic carbocycles. The second-order valence-corrected chi connectivity index (χ2v) is 15.4. The van der Waals surface area contributed by atoms with Gasteiger partial charge in [-0.05, 0) is 42.2 Å². The number of hydrogen-bond donors (Lipinski definition) is 0. The number of nitro benzene ring substituents is 2. The summed E-state index contributed by atoms with van der Waals surface area (Å²) in [6.45, 7) is 6.73. The monoisotopic (exact) mass is 734 g/mol. The zero-order valence-corrected chi connectivity index (χ0v) is 33.9. The van der Waals surface area contributed by atoms with Crippen LogP contribution >= 0.6 is 0 Å². The Morgan fingerprint density at radius 1 is 0.434 bits per heavy atom. The van der Waals surface area contributed by atoms with Crippen molar-refractivity contribution in [3.05, 3.63) is 73.8 Å². The third-order valence-corrected chi connectivity index (χ3v) is 10.7. The molecule has 7 nitrogen and oxygen atoms in total. The van der Waals surface area contributed by atoms with Crippen LogP contribution in [0, 0.1) is 20.2 Å². The van der Waals surface area contributed by atoms with Gasteiger partial charge in [-0.1, -0.05) is 205 Å². The van der Waals surface area contributed by atoms with Gasteiger partial charge in [0.25, 0.3) is 0 Å². The predicted molar refractivity (Wildman–Crippen MR) is 228 cm³/mol. The molecule has 0 heterocycles. The van der Waals surface area contributed by atoms with E-state index in [2.05, 4.69) is 43.0 Å². The Kier molecular flexibility index (Phi) is 27.0. The van der Waals surface area contributed by atoms with Crippen molar-refractivity contribution in [2.24, 2.45) is 0 Å². The van der Waals surface area contributed by atoms with Gasteiger partial charge in [0.05, 0.1) is 9.85 Å². The summed E-state index contributed by atoms with van der Waals surface area (Å²) in [6, 6.07) is 12.6. The molecule has 2 aromatic rings. The lowest BCUT2D eigenvalue weighted by Gasteiger charge is -2.25. The number of unbranched alkanes of at least 4 members (excludes halogenated alkanes) is 26. The molecule has 2 rings (SSSR count). The number of nitro groups is 2. The highest BCUT2D eigenvalue weighted by Crippen LogP contribution is 2.28. The Bertz CT molecular complexity index is 1210. The highest BCUT2D eigenvalue weighted by molar-refractivity contribution is 5.73. The lowest BCUT2D eigenvalue weighted by Crippen LogP contribution is -2.25. The van der Waals surface area contributed by atoms with Crippen molar-refractivity contribution < 1.29 is 9.85 Å². The fourth-order valence-corrected chi connectivity index (χ4v) is 7.30. The summed E-state index contributed by atoms with van der Waals surface area (Å²) in [5.41, 5.74) is 1.81. The van der Waals surface area contributed by atoms with Crippen molar-refractivity contribution in [2.45, 2.75) is 194 Å². The molecular weight excluding hydrogens is 659 g/mol. The molecule has 0 aliphatic rings. The van der Waals surface area contributed by atoms with E-state index in [4.69, 9.17) is 0 Å². The molecule has 0 aliphatic heterocycles. The first-order valence-corrected chi connectivity index (χ1v) is 21.9. The Morgan fingerprint density at radius 2 is 0.755 bits per heavy atom. The summed E-state index contributed by atoms with van der Waals surface area (Å²) in [6.07, 6.45) is 42.0. The van der Waals surface area contributed by atoms with Crippen molar-refractivity contribution in [3.8, 4) is 0 Å². The average Bonchev–Trinajstić information content (AvgIpc) is 3.16. The molecule has 298 valence electrons. The molecule has 0 unspecified atom stereocenters. The van der Waals surface area contributed by atoms with E-state index in [0.29, 0.717) is 5.56 Å². The minimum Gasteiger partial charge on any atom is -0.372 e. The van der Waals surface area contributed by atoms with Gasteiger partial charge in [0.1, 0.15) is 0 Å². The van der Waals surface area contributed by atoms with Gasteiger partial charge in [-0.3, -0.25) is 20.2 Å². The van der Waals surface area contributed by atoms with Gasteiger partial charge in [-0.25, -0.2) is 0 Å². The van der Waals surface area contributed by atoms with E-state index in [1.807, 2.05) is 6.08 Å². The van der Waals surface area contributed by atoms with E-state index in [9.17, 15) is 20.2 Å². The number of nitrogens with zero attached hydrogens (tertiary/aromatic N) is 3. The van der Waals surface area contributed by atoms with Crippen LogP contribution in [-0.4, -0.2) is 22.9 Å². The first-order chi connectivity index (χ1) is 26.0. The highest BCUT2D eigenvalue weighted by Gasteiger charge is 2.23. The van der Waals surface area contributed by atoms with Crippen LogP contribution in [0.2, 0.25) is 0 Å². The smallest absolute Gasteiger partial charge is 0.346 e. The fraction of sp³-hybridized carbons (Fsp3) is 0.696. The third kappa shape index (κ3) is 22.6. The molecule has 0 radical (unpaired) electrons. The largest absolute Gasteiger partial charge is 0.372 e. The van der Waals surface area contributed by atoms with Crippen LogP contribution in [0.5, 0.6) is 0 Å². The van der Waals surface area contributed by atoms with Crippen LogP contribution in [0.25, 0.3) is 12.2 Å². The molecule has 53 heavy (non-hydrogen) atoms. The number of rotatable bonds is 35. The average molecular weight is 734 g/mol.